The van der Waals surface area contributed by atoms with E-state index in [-0.39, 0.29) is 0 Å². The van der Waals surface area contributed by atoms with Crippen molar-refractivity contribution in [3.05, 3.63) is 24.8 Å². The van der Waals surface area contributed by atoms with Crippen LogP contribution in [0, 0.1) is 40.4 Å². The van der Waals surface area contributed by atoms with E-state index in [2.05, 4.69) is 32.6 Å². The third-order valence-corrected chi connectivity index (χ3v) is 9.98. The highest BCUT2D eigenvalue weighted by atomic mass is 14.6. The van der Waals surface area contributed by atoms with Crippen LogP contribution in [0.3, 0.4) is 0 Å². The van der Waals surface area contributed by atoms with Gasteiger partial charge in [-0.25, -0.2) is 0 Å². The minimum absolute atomic E-state index is 0.668. The van der Waals surface area contributed by atoms with Crippen LogP contribution in [0.4, 0.5) is 0 Å². The van der Waals surface area contributed by atoms with Crippen molar-refractivity contribution >= 4 is 0 Å². The Morgan fingerprint density at radius 2 is 1.73 bits per heavy atom. The summed E-state index contributed by atoms with van der Waals surface area (Å²) in [6.07, 6.45) is 25.8. The van der Waals surface area contributed by atoms with Gasteiger partial charge in [0.25, 0.3) is 0 Å². The lowest BCUT2D eigenvalue weighted by Crippen LogP contribution is -2.52. The highest BCUT2D eigenvalue weighted by Gasteiger charge is 2.59. The zero-order valence-electron chi connectivity index (χ0n) is 17.5. The van der Waals surface area contributed by atoms with E-state index in [1.807, 2.05) is 6.08 Å². The van der Waals surface area contributed by atoms with Gasteiger partial charge in [0.15, 0.2) is 0 Å². The van der Waals surface area contributed by atoms with Gasteiger partial charge in [0.05, 0.1) is 0 Å². The molecule has 0 spiro atoms. The molecule has 4 aliphatic carbocycles. The van der Waals surface area contributed by atoms with Gasteiger partial charge < -0.3 is 0 Å². The predicted octanol–water partition coefficient (Wildman–Crippen LogP) is 7.95. The van der Waals surface area contributed by atoms with Crippen LogP contribution in [0.2, 0.25) is 0 Å². The molecule has 7 atom stereocenters. The maximum absolute atomic E-state index is 3.79. The van der Waals surface area contributed by atoms with Crippen LogP contribution >= 0.6 is 0 Å². The molecule has 4 rings (SSSR count). The summed E-state index contributed by atoms with van der Waals surface area (Å²) >= 11 is 0. The second-order valence-electron chi connectivity index (χ2n) is 10.8. The normalized spacial score (nSPS) is 48.0. The first kappa shape index (κ1) is 18.8. The first-order valence-electron chi connectivity index (χ1n) is 11.9. The minimum Gasteiger partial charge on any atom is -0.0991 e. The summed E-state index contributed by atoms with van der Waals surface area (Å²) in [5.41, 5.74) is 1.37. The first-order chi connectivity index (χ1) is 12.6. The van der Waals surface area contributed by atoms with Crippen LogP contribution in [0.15, 0.2) is 24.8 Å². The molecule has 4 aliphatic rings. The molecule has 0 saturated heterocycles. The summed E-state index contributed by atoms with van der Waals surface area (Å²) in [5, 5.41) is 0. The van der Waals surface area contributed by atoms with E-state index in [1.54, 1.807) is 38.5 Å². The third kappa shape index (κ3) is 3.04. The summed E-state index contributed by atoms with van der Waals surface area (Å²) < 4.78 is 0. The van der Waals surface area contributed by atoms with Gasteiger partial charge in [-0.05, 0) is 111 Å². The molecular formula is C26H42. The zero-order chi connectivity index (χ0) is 18.2. The Morgan fingerprint density at radius 3 is 2.58 bits per heavy atom. The Hall–Kier alpha value is -0.520. The fraction of sp³-hybridized carbons (Fsp3) is 0.846. The van der Waals surface area contributed by atoms with Crippen molar-refractivity contribution in [3.63, 3.8) is 0 Å². The maximum Gasteiger partial charge on any atom is -0.0266 e. The highest BCUT2D eigenvalue weighted by Crippen LogP contribution is 2.67. The molecular weight excluding hydrogens is 312 g/mol. The molecule has 4 saturated carbocycles. The smallest absolute Gasteiger partial charge is 0.0266 e. The molecule has 4 fully saturated rings. The molecule has 7 unspecified atom stereocenters. The average molecular weight is 355 g/mol. The van der Waals surface area contributed by atoms with Gasteiger partial charge in [-0.3, -0.25) is 0 Å². The van der Waals surface area contributed by atoms with Crippen molar-refractivity contribution in [1.82, 2.24) is 0 Å². The molecule has 0 aromatic carbocycles. The molecule has 26 heavy (non-hydrogen) atoms. The van der Waals surface area contributed by atoms with E-state index in [4.69, 9.17) is 0 Å². The predicted molar refractivity (Wildman–Crippen MR) is 113 cm³/mol. The van der Waals surface area contributed by atoms with Crippen LogP contribution in [0.5, 0.6) is 0 Å². The Kier molecular flexibility index (Phi) is 5.42. The Balaban J connectivity index is 1.44. The van der Waals surface area contributed by atoms with Gasteiger partial charge in [0.1, 0.15) is 0 Å². The molecule has 0 heterocycles. The van der Waals surface area contributed by atoms with Crippen LogP contribution in [-0.4, -0.2) is 0 Å². The van der Waals surface area contributed by atoms with E-state index in [9.17, 15) is 0 Å². The monoisotopic (exact) mass is 354 g/mol. The van der Waals surface area contributed by atoms with Crippen molar-refractivity contribution < 1.29 is 0 Å². The number of hydrogen-bond donors (Lipinski definition) is 0. The molecule has 0 bridgehead atoms. The lowest BCUT2D eigenvalue weighted by Gasteiger charge is -2.60. The fourth-order valence-corrected chi connectivity index (χ4v) is 8.55. The summed E-state index contributed by atoms with van der Waals surface area (Å²) in [7, 11) is 0. The second-order valence-corrected chi connectivity index (χ2v) is 10.8. The van der Waals surface area contributed by atoms with Gasteiger partial charge in [-0.1, -0.05) is 51.5 Å². The molecule has 0 N–H and O–H groups in total. The van der Waals surface area contributed by atoms with Crippen LogP contribution in [0.1, 0.15) is 97.3 Å². The summed E-state index contributed by atoms with van der Waals surface area (Å²) in [4.78, 5) is 0. The van der Waals surface area contributed by atoms with Crippen LogP contribution < -0.4 is 0 Å². The van der Waals surface area contributed by atoms with E-state index < -0.39 is 0 Å². The van der Waals surface area contributed by atoms with E-state index in [1.165, 1.54) is 44.9 Å². The molecule has 0 amide bonds. The average Bonchev–Trinajstić information content (AvgIpc) is 2.97. The Bertz CT molecular complexity index is 530. The molecule has 0 aromatic heterocycles. The van der Waals surface area contributed by atoms with Gasteiger partial charge >= 0.3 is 0 Å². The Labute approximate surface area is 162 Å². The van der Waals surface area contributed by atoms with Crippen molar-refractivity contribution in [2.45, 2.75) is 97.3 Å². The fourth-order valence-electron chi connectivity index (χ4n) is 8.55. The van der Waals surface area contributed by atoms with Gasteiger partial charge in [0, 0.05) is 0 Å². The first-order valence-corrected chi connectivity index (χ1v) is 11.9. The zero-order valence-corrected chi connectivity index (χ0v) is 17.5. The minimum atomic E-state index is 0.668. The third-order valence-electron chi connectivity index (χ3n) is 9.98. The van der Waals surface area contributed by atoms with Gasteiger partial charge in [0.2, 0.25) is 0 Å². The van der Waals surface area contributed by atoms with Gasteiger partial charge in [-0.15, -0.1) is 0 Å². The van der Waals surface area contributed by atoms with Crippen molar-refractivity contribution in [1.29, 1.82) is 0 Å². The lowest BCUT2D eigenvalue weighted by molar-refractivity contribution is -0.111. The SMILES string of the molecule is C=C/C=C/CCCC1CCC2C3CCC4CCCCC4(C)C3CCC12C. The van der Waals surface area contributed by atoms with Crippen molar-refractivity contribution in [2.24, 2.45) is 40.4 Å². The molecule has 0 aromatic rings. The van der Waals surface area contributed by atoms with E-state index >= 15 is 0 Å². The number of fused-ring (bicyclic) bond motifs is 5. The maximum atomic E-state index is 3.79. The second kappa shape index (κ2) is 7.48. The molecule has 0 heteroatoms. The standard InChI is InChI=1S/C26H42/c1-4-5-6-7-8-11-21-14-16-23-22-15-13-20-12-9-10-18-25(20,2)24(22)17-19-26(21,23)3/h4-6,20-24H,1,7-19H2,2-3H3/b6-5+. The number of hydrogen-bond acceptors (Lipinski definition) is 0. The van der Waals surface area contributed by atoms with Crippen molar-refractivity contribution in [2.75, 3.05) is 0 Å². The van der Waals surface area contributed by atoms with Crippen LogP contribution in [-0.2, 0) is 0 Å². The quantitative estimate of drug-likeness (QED) is 0.347. The lowest BCUT2D eigenvalue weighted by atomic mass is 9.45. The molecule has 0 aliphatic heterocycles. The largest absolute Gasteiger partial charge is 0.0991 e. The molecule has 0 nitrogen and oxygen atoms in total. The summed E-state index contributed by atoms with van der Waals surface area (Å²) in [5.74, 6) is 5.25. The molecule has 146 valence electrons. The Morgan fingerprint density at radius 1 is 0.885 bits per heavy atom. The van der Waals surface area contributed by atoms with Crippen LogP contribution in [0.25, 0.3) is 0 Å². The van der Waals surface area contributed by atoms with E-state index in [0.717, 1.165) is 29.6 Å². The van der Waals surface area contributed by atoms with Crippen molar-refractivity contribution in [3.8, 4) is 0 Å². The highest BCUT2D eigenvalue weighted by molar-refractivity contribution is 5.08. The van der Waals surface area contributed by atoms with Gasteiger partial charge in [-0.2, -0.15) is 0 Å². The number of allylic oxidation sites excluding steroid dienone is 3. The van der Waals surface area contributed by atoms with E-state index in [0.29, 0.717) is 10.8 Å². The number of rotatable bonds is 5. The summed E-state index contributed by atoms with van der Waals surface area (Å²) in [6, 6.07) is 0. The molecule has 0 radical (unpaired) electrons. The number of unbranched alkanes of at least 4 members (excludes halogenated alkanes) is 1. The topological polar surface area (TPSA) is 0 Å². The summed E-state index contributed by atoms with van der Waals surface area (Å²) in [6.45, 7) is 9.21.